The third-order valence-corrected chi connectivity index (χ3v) is 4.34. The predicted octanol–water partition coefficient (Wildman–Crippen LogP) is 2.91. The number of thiazole rings is 1. The lowest BCUT2D eigenvalue weighted by Crippen LogP contribution is -2.32. The molecule has 1 aliphatic heterocycles. The molecule has 1 aliphatic rings. The van der Waals surface area contributed by atoms with E-state index in [-0.39, 0.29) is 0 Å². The van der Waals surface area contributed by atoms with Gasteiger partial charge in [-0.1, -0.05) is 23.5 Å². The van der Waals surface area contributed by atoms with Crippen LogP contribution in [0.5, 0.6) is 0 Å². The molecule has 2 aromatic rings. The molecule has 1 saturated heterocycles. The summed E-state index contributed by atoms with van der Waals surface area (Å²) in [6.45, 7) is 1.91. The molecule has 3 rings (SSSR count). The normalized spacial score (nSPS) is 20.3. The fraction of sp³-hybridized carbons (Fsp3) is 0.462. The van der Waals surface area contributed by atoms with Crippen molar-refractivity contribution in [2.45, 2.75) is 18.9 Å². The molecule has 0 saturated carbocycles. The molecule has 0 amide bonds. The van der Waals surface area contributed by atoms with E-state index in [1.165, 1.54) is 17.5 Å². The number of hydrogen-bond donors (Lipinski definition) is 0. The summed E-state index contributed by atoms with van der Waals surface area (Å²) in [4.78, 5) is 7.11. The summed E-state index contributed by atoms with van der Waals surface area (Å²) < 4.78 is 6.56. The van der Waals surface area contributed by atoms with Gasteiger partial charge in [0.15, 0.2) is 5.13 Å². The zero-order valence-corrected chi connectivity index (χ0v) is 10.7. The number of para-hydroxylation sites is 1. The van der Waals surface area contributed by atoms with Gasteiger partial charge >= 0.3 is 0 Å². The van der Waals surface area contributed by atoms with Crippen LogP contribution in [-0.2, 0) is 4.74 Å². The van der Waals surface area contributed by atoms with Gasteiger partial charge in [-0.2, -0.15) is 0 Å². The SMILES string of the molecule is COC[C@H]1CCCN1c1nc2ccccc2s1. The molecule has 90 valence electrons. The Morgan fingerprint density at radius 1 is 1.47 bits per heavy atom. The minimum Gasteiger partial charge on any atom is -0.383 e. The van der Waals surface area contributed by atoms with E-state index in [4.69, 9.17) is 9.72 Å². The van der Waals surface area contributed by atoms with Crippen molar-refractivity contribution in [1.82, 2.24) is 4.98 Å². The first-order valence-corrected chi connectivity index (χ1v) is 6.81. The number of anilines is 1. The lowest BCUT2D eigenvalue weighted by Gasteiger charge is -2.22. The van der Waals surface area contributed by atoms with Gasteiger partial charge in [0.1, 0.15) is 0 Å². The molecule has 0 spiro atoms. The standard InChI is InChI=1S/C13H16N2OS/c1-16-9-10-5-4-8-15(10)13-14-11-6-2-3-7-12(11)17-13/h2-3,6-7,10H,4-5,8-9H2,1H3/t10-/m1/s1. The second kappa shape index (κ2) is 4.63. The number of rotatable bonds is 3. The molecule has 0 radical (unpaired) electrons. The number of benzene rings is 1. The Balaban J connectivity index is 1.92. The molecule has 0 N–H and O–H groups in total. The van der Waals surface area contributed by atoms with Gasteiger partial charge in [0.25, 0.3) is 0 Å². The van der Waals surface area contributed by atoms with Crippen molar-refractivity contribution in [3.8, 4) is 0 Å². The first kappa shape index (κ1) is 11.0. The summed E-state index contributed by atoms with van der Waals surface area (Å²) >= 11 is 1.78. The fourth-order valence-electron chi connectivity index (χ4n) is 2.44. The molecule has 1 atom stereocenters. The monoisotopic (exact) mass is 248 g/mol. The summed E-state index contributed by atoms with van der Waals surface area (Å²) in [5, 5.41) is 1.14. The third-order valence-electron chi connectivity index (χ3n) is 3.26. The minimum absolute atomic E-state index is 0.501. The van der Waals surface area contributed by atoms with Crippen molar-refractivity contribution in [3.63, 3.8) is 0 Å². The maximum Gasteiger partial charge on any atom is 0.186 e. The van der Waals surface area contributed by atoms with Gasteiger partial charge in [-0.05, 0) is 25.0 Å². The van der Waals surface area contributed by atoms with Crippen LogP contribution in [0.3, 0.4) is 0 Å². The van der Waals surface area contributed by atoms with Crippen LogP contribution in [0.15, 0.2) is 24.3 Å². The van der Waals surface area contributed by atoms with Gasteiger partial charge < -0.3 is 9.64 Å². The number of fused-ring (bicyclic) bond motifs is 1. The number of aromatic nitrogens is 1. The highest BCUT2D eigenvalue weighted by Crippen LogP contribution is 2.33. The molecule has 1 aromatic heterocycles. The first-order chi connectivity index (χ1) is 8.38. The number of methoxy groups -OCH3 is 1. The second-order valence-corrected chi connectivity index (χ2v) is 5.42. The molecule has 1 aromatic carbocycles. The van der Waals surface area contributed by atoms with Gasteiger partial charge in [0.05, 0.1) is 22.9 Å². The maximum absolute atomic E-state index is 5.29. The van der Waals surface area contributed by atoms with E-state index in [9.17, 15) is 0 Å². The van der Waals surface area contributed by atoms with Gasteiger partial charge in [0, 0.05) is 13.7 Å². The smallest absolute Gasteiger partial charge is 0.186 e. The Morgan fingerprint density at radius 2 is 2.35 bits per heavy atom. The molecule has 1 fully saturated rings. The maximum atomic E-state index is 5.29. The average molecular weight is 248 g/mol. The van der Waals surface area contributed by atoms with Gasteiger partial charge in [-0.25, -0.2) is 4.98 Å². The molecule has 4 heteroatoms. The molecular formula is C13H16N2OS. The van der Waals surface area contributed by atoms with Crippen molar-refractivity contribution >= 4 is 26.7 Å². The van der Waals surface area contributed by atoms with E-state index < -0.39 is 0 Å². The van der Waals surface area contributed by atoms with E-state index in [1.807, 2.05) is 6.07 Å². The van der Waals surface area contributed by atoms with E-state index in [0.29, 0.717) is 6.04 Å². The highest BCUT2D eigenvalue weighted by atomic mass is 32.1. The van der Waals surface area contributed by atoms with Gasteiger partial charge in [0.2, 0.25) is 0 Å². The number of ether oxygens (including phenoxy) is 1. The van der Waals surface area contributed by atoms with Crippen LogP contribution < -0.4 is 4.90 Å². The van der Waals surface area contributed by atoms with Gasteiger partial charge in [-0.15, -0.1) is 0 Å². The Morgan fingerprint density at radius 3 is 3.18 bits per heavy atom. The van der Waals surface area contributed by atoms with Crippen LogP contribution in [0.1, 0.15) is 12.8 Å². The molecule has 0 bridgehead atoms. The van der Waals surface area contributed by atoms with Crippen LogP contribution >= 0.6 is 11.3 Å². The fourth-order valence-corrected chi connectivity index (χ4v) is 3.50. The van der Waals surface area contributed by atoms with Crippen molar-refractivity contribution in [1.29, 1.82) is 0 Å². The van der Waals surface area contributed by atoms with E-state index in [2.05, 4.69) is 23.1 Å². The summed E-state index contributed by atoms with van der Waals surface area (Å²) in [5.41, 5.74) is 1.11. The van der Waals surface area contributed by atoms with E-state index >= 15 is 0 Å². The summed E-state index contributed by atoms with van der Waals surface area (Å²) in [6.07, 6.45) is 2.45. The average Bonchev–Trinajstić information content (AvgIpc) is 2.94. The molecule has 2 heterocycles. The lowest BCUT2D eigenvalue weighted by atomic mass is 10.2. The predicted molar refractivity (Wildman–Crippen MR) is 71.9 cm³/mol. The minimum atomic E-state index is 0.501. The molecule has 17 heavy (non-hydrogen) atoms. The Bertz CT molecular complexity index is 478. The molecular weight excluding hydrogens is 232 g/mol. The first-order valence-electron chi connectivity index (χ1n) is 5.99. The lowest BCUT2D eigenvalue weighted by molar-refractivity contribution is 0.181. The topological polar surface area (TPSA) is 25.4 Å². The number of nitrogens with zero attached hydrogens (tertiary/aromatic N) is 2. The molecule has 0 aliphatic carbocycles. The van der Waals surface area contributed by atoms with Crippen LogP contribution in [0.4, 0.5) is 5.13 Å². The van der Waals surface area contributed by atoms with E-state index in [0.717, 1.165) is 23.8 Å². The zero-order valence-electron chi connectivity index (χ0n) is 9.93. The van der Waals surface area contributed by atoms with Crippen LogP contribution in [-0.4, -0.2) is 31.3 Å². The second-order valence-electron chi connectivity index (χ2n) is 4.41. The quantitative estimate of drug-likeness (QED) is 0.835. The van der Waals surface area contributed by atoms with Gasteiger partial charge in [-0.3, -0.25) is 0 Å². The highest BCUT2D eigenvalue weighted by Gasteiger charge is 2.26. The van der Waals surface area contributed by atoms with Crippen molar-refractivity contribution in [2.75, 3.05) is 25.2 Å². The molecule has 3 nitrogen and oxygen atoms in total. The Labute approximate surface area is 105 Å². The van der Waals surface area contributed by atoms with Crippen LogP contribution in [0, 0.1) is 0 Å². The van der Waals surface area contributed by atoms with Crippen molar-refractivity contribution in [3.05, 3.63) is 24.3 Å². The highest BCUT2D eigenvalue weighted by molar-refractivity contribution is 7.22. The largest absolute Gasteiger partial charge is 0.383 e. The summed E-state index contributed by atoms with van der Waals surface area (Å²) in [6, 6.07) is 8.83. The summed E-state index contributed by atoms with van der Waals surface area (Å²) in [5.74, 6) is 0. The Hall–Kier alpha value is -1.13. The number of hydrogen-bond acceptors (Lipinski definition) is 4. The summed E-state index contributed by atoms with van der Waals surface area (Å²) in [7, 11) is 1.77. The van der Waals surface area contributed by atoms with Crippen molar-refractivity contribution in [2.24, 2.45) is 0 Å². The third kappa shape index (κ3) is 2.03. The van der Waals surface area contributed by atoms with E-state index in [1.54, 1.807) is 18.4 Å². The zero-order chi connectivity index (χ0) is 11.7. The van der Waals surface area contributed by atoms with Crippen LogP contribution in [0.25, 0.3) is 10.2 Å². The molecule has 0 unspecified atom stereocenters. The van der Waals surface area contributed by atoms with Crippen molar-refractivity contribution < 1.29 is 4.74 Å². The Kier molecular flexibility index (Phi) is 2.99. The van der Waals surface area contributed by atoms with Crippen LogP contribution in [0.2, 0.25) is 0 Å².